The van der Waals surface area contributed by atoms with Gasteiger partial charge in [0.25, 0.3) is 0 Å². The zero-order valence-corrected chi connectivity index (χ0v) is 16.8. The Hall–Kier alpha value is -2.67. The van der Waals surface area contributed by atoms with Crippen molar-refractivity contribution >= 4 is 23.5 Å². The molecule has 0 spiro atoms. The Labute approximate surface area is 176 Å². The molecule has 156 valence electrons. The number of rotatable bonds is 5. The molecule has 2 heterocycles. The molecule has 1 saturated carbocycles. The van der Waals surface area contributed by atoms with E-state index in [4.69, 9.17) is 11.6 Å². The summed E-state index contributed by atoms with van der Waals surface area (Å²) >= 11 is 5.78. The molecule has 1 aliphatic rings. The van der Waals surface area contributed by atoms with Gasteiger partial charge in [0.2, 0.25) is 0 Å². The van der Waals surface area contributed by atoms with Crippen molar-refractivity contribution in [2.45, 2.75) is 37.9 Å². The van der Waals surface area contributed by atoms with Crippen LogP contribution in [0.25, 0.3) is 11.9 Å². The lowest BCUT2D eigenvalue weighted by atomic mass is 9.94. The zero-order valence-electron chi connectivity index (χ0n) is 16.0. The Morgan fingerprint density at radius 3 is 2.43 bits per heavy atom. The summed E-state index contributed by atoms with van der Waals surface area (Å²) in [6, 6.07) is 11.0. The largest absolute Gasteiger partial charge is 0.398 e. The summed E-state index contributed by atoms with van der Waals surface area (Å²) in [6.07, 6.45) is -1.17. The van der Waals surface area contributed by atoms with Gasteiger partial charge in [-0.1, -0.05) is 41.9 Å². The highest BCUT2D eigenvalue weighted by molar-refractivity contribution is 6.29. The van der Waals surface area contributed by atoms with Gasteiger partial charge in [-0.15, -0.1) is 0 Å². The molecule has 3 aromatic rings. The number of halogens is 5. The van der Waals surface area contributed by atoms with E-state index in [1.54, 1.807) is 23.0 Å². The molecule has 8 heteroatoms. The van der Waals surface area contributed by atoms with Gasteiger partial charge in [-0.2, -0.15) is 18.3 Å². The highest BCUT2D eigenvalue weighted by Crippen LogP contribution is 2.58. The van der Waals surface area contributed by atoms with Crippen LogP contribution in [0.15, 0.2) is 48.7 Å². The van der Waals surface area contributed by atoms with Gasteiger partial charge in [0, 0.05) is 11.9 Å². The maximum Gasteiger partial charge on any atom is 0.398 e. The highest BCUT2D eigenvalue weighted by Gasteiger charge is 2.64. The van der Waals surface area contributed by atoms with Crippen molar-refractivity contribution in [3.05, 3.63) is 81.9 Å². The van der Waals surface area contributed by atoms with Gasteiger partial charge in [-0.05, 0) is 54.7 Å². The van der Waals surface area contributed by atoms with Crippen LogP contribution in [-0.2, 0) is 12.0 Å². The van der Waals surface area contributed by atoms with Crippen LogP contribution in [0.2, 0.25) is 5.15 Å². The first-order valence-corrected chi connectivity index (χ1v) is 9.75. The zero-order chi connectivity index (χ0) is 21.5. The van der Waals surface area contributed by atoms with E-state index < -0.39 is 17.4 Å². The summed E-state index contributed by atoms with van der Waals surface area (Å²) in [6.45, 7) is 2.23. The van der Waals surface area contributed by atoms with Crippen molar-refractivity contribution in [2.75, 3.05) is 0 Å². The average Bonchev–Trinajstić information content (AvgIpc) is 3.44. The van der Waals surface area contributed by atoms with Crippen LogP contribution in [0.5, 0.6) is 0 Å². The molecule has 0 amide bonds. The molecule has 0 saturated heterocycles. The fourth-order valence-electron chi connectivity index (χ4n) is 3.44. The van der Waals surface area contributed by atoms with Crippen molar-refractivity contribution in [3.8, 4) is 0 Å². The highest BCUT2D eigenvalue weighted by atomic mass is 35.5. The molecule has 30 heavy (non-hydrogen) atoms. The van der Waals surface area contributed by atoms with E-state index in [0.29, 0.717) is 17.3 Å². The maximum atomic E-state index is 14.7. The molecular weight excluding hydrogens is 418 g/mol. The Morgan fingerprint density at radius 1 is 1.17 bits per heavy atom. The maximum absolute atomic E-state index is 14.7. The second-order valence-electron chi connectivity index (χ2n) is 7.51. The molecule has 0 N–H and O–H groups in total. The molecule has 3 nitrogen and oxygen atoms in total. The minimum absolute atomic E-state index is 0.0971. The van der Waals surface area contributed by atoms with Crippen molar-refractivity contribution < 1.29 is 17.6 Å². The van der Waals surface area contributed by atoms with Crippen molar-refractivity contribution in [3.63, 3.8) is 0 Å². The second kappa shape index (κ2) is 7.54. The normalized spacial score (nSPS) is 16.0. The van der Waals surface area contributed by atoms with Crippen LogP contribution in [-0.4, -0.2) is 20.9 Å². The molecule has 1 aromatic carbocycles. The van der Waals surface area contributed by atoms with Crippen molar-refractivity contribution in [2.24, 2.45) is 0 Å². The SMILES string of the molecule is Cc1cc(/C(F)=C/c2ccc(C3(C(F)(F)F)CC3)cc2)nn1Cc1ccc(Cl)nc1. The minimum Gasteiger partial charge on any atom is -0.265 e. The summed E-state index contributed by atoms with van der Waals surface area (Å²) < 4.78 is 56.1. The third kappa shape index (κ3) is 3.99. The van der Waals surface area contributed by atoms with Gasteiger partial charge >= 0.3 is 6.18 Å². The Morgan fingerprint density at radius 2 is 1.87 bits per heavy atom. The molecule has 0 radical (unpaired) electrons. The molecule has 4 rings (SSSR count). The van der Waals surface area contributed by atoms with E-state index >= 15 is 0 Å². The predicted molar refractivity (Wildman–Crippen MR) is 108 cm³/mol. The first kappa shape index (κ1) is 20.6. The molecule has 0 atom stereocenters. The van der Waals surface area contributed by atoms with Crippen LogP contribution >= 0.6 is 11.6 Å². The molecule has 1 aliphatic carbocycles. The fourth-order valence-corrected chi connectivity index (χ4v) is 3.55. The van der Waals surface area contributed by atoms with Gasteiger partial charge < -0.3 is 0 Å². The van der Waals surface area contributed by atoms with Gasteiger partial charge in [0.15, 0.2) is 5.83 Å². The van der Waals surface area contributed by atoms with E-state index in [-0.39, 0.29) is 24.1 Å². The van der Waals surface area contributed by atoms with Crippen LogP contribution in [0.1, 0.15) is 40.9 Å². The standard InChI is InChI=1S/C22H18ClF4N3/c1-14-10-19(29-30(14)13-16-4-7-20(23)28-12-16)18(24)11-15-2-5-17(6-3-15)21(8-9-21)22(25,26)27/h2-7,10-12H,8-9,13H2,1H3/b18-11-. The van der Waals surface area contributed by atoms with Gasteiger partial charge in [-0.3, -0.25) is 4.68 Å². The number of nitrogens with zero attached hydrogens (tertiary/aromatic N) is 3. The summed E-state index contributed by atoms with van der Waals surface area (Å²) in [4.78, 5) is 4.01. The predicted octanol–water partition coefficient (Wildman–Crippen LogP) is 6.35. The number of pyridine rings is 1. The van der Waals surface area contributed by atoms with Crippen LogP contribution in [0.4, 0.5) is 17.6 Å². The lowest BCUT2D eigenvalue weighted by Gasteiger charge is -2.19. The van der Waals surface area contributed by atoms with E-state index in [9.17, 15) is 17.6 Å². The Kier molecular flexibility index (Phi) is 5.18. The average molecular weight is 436 g/mol. The molecular formula is C22H18ClF4N3. The number of alkyl halides is 3. The van der Waals surface area contributed by atoms with Crippen molar-refractivity contribution in [1.29, 1.82) is 0 Å². The summed E-state index contributed by atoms with van der Waals surface area (Å²) in [5.74, 6) is -0.559. The summed E-state index contributed by atoms with van der Waals surface area (Å²) in [5.41, 5.74) is 0.760. The quantitative estimate of drug-likeness (QED) is 0.345. The fraction of sp³-hybridized carbons (Fsp3) is 0.273. The van der Waals surface area contributed by atoms with E-state index in [1.807, 2.05) is 13.0 Å². The van der Waals surface area contributed by atoms with Crippen LogP contribution in [0.3, 0.4) is 0 Å². The first-order valence-electron chi connectivity index (χ1n) is 9.38. The summed E-state index contributed by atoms with van der Waals surface area (Å²) in [7, 11) is 0. The molecule has 0 bridgehead atoms. The van der Waals surface area contributed by atoms with Crippen LogP contribution < -0.4 is 0 Å². The lowest BCUT2D eigenvalue weighted by molar-refractivity contribution is -0.160. The third-order valence-corrected chi connectivity index (χ3v) is 5.62. The summed E-state index contributed by atoms with van der Waals surface area (Å²) in [5, 5.41) is 4.67. The monoisotopic (exact) mass is 435 g/mol. The van der Waals surface area contributed by atoms with Crippen molar-refractivity contribution in [1.82, 2.24) is 14.8 Å². The molecule has 2 aromatic heterocycles. The molecule has 0 aliphatic heterocycles. The van der Waals surface area contributed by atoms with E-state index in [1.165, 1.54) is 30.3 Å². The van der Waals surface area contributed by atoms with Crippen LogP contribution in [0, 0.1) is 6.92 Å². The minimum atomic E-state index is -4.26. The van der Waals surface area contributed by atoms with Gasteiger partial charge in [0.05, 0.1) is 12.0 Å². The lowest BCUT2D eigenvalue weighted by Crippen LogP contribution is -2.28. The first-order chi connectivity index (χ1) is 14.2. The van der Waals surface area contributed by atoms with E-state index in [2.05, 4.69) is 10.1 Å². The molecule has 1 fully saturated rings. The number of aromatic nitrogens is 3. The smallest absolute Gasteiger partial charge is 0.265 e. The number of benzene rings is 1. The van der Waals surface area contributed by atoms with Gasteiger partial charge in [-0.25, -0.2) is 9.37 Å². The number of hydrogen-bond acceptors (Lipinski definition) is 2. The molecule has 0 unspecified atom stereocenters. The number of aryl methyl sites for hydroxylation is 1. The third-order valence-electron chi connectivity index (χ3n) is 5.40. The Bertz CT molecular complexity index is 1080. The van der Waals surface area contributed by atoms with Gasteiger partial charge in [0.1, 0.15) is 10.8 Å². The topological polar surface area (TPSA) is 30.7 Å². The Balaban J connectivity index is 1.52. The number of hydrogen-bond donors (Lipinski definition) is 0. The second-order valence-corrected chi connectivity index (χ2v) is 7.90. The van der Waals surface area contributed by atoms with E-state index in [0.717, 1.165) is 11.3 Å².